The smallest absolute Gasteiger partial charge is 0.323 e. The number of likely N-dealkylation sites (N-methyl/N-ethyl adjacent to an activating group) is 1. The molecule has 0 bridgehead atoms. The number of carboxylic acid groups (broad SMARTS) is 1. The maximum Gasteiger partial charge on any atom is 0.323 e. The number of hydrogen-bond donors (Lipinski definition) is 2. The van der Waals surface area contributed by atoms with Gasteiger partial charge in [0.1, 0.15) is 5.54 Å². The van der Waals surface area contributed by atoms with Crippen molar-refractivity contribution in [2.75, 3.05) is 20.3 Å². The van der Waals surface area contributed by atoms with Gasteiger partial charge in [0, 0.05) is 13.2 Å². The predicted molar refractivity (Wildman–Crippen MR) is 69.2 cm³/mol. The molecule has 0 saturated carbocycles. The molecule has 0 aliphatic rings. The van der Waals surface area contributed by atoms with E-state index in [1.54, 1.807) is 14.0 Å². The van der Waals surface area contributed by atoms with Crippen molar-refractivity contribution < 1.29 is 14.6 Å². The van der Waals surface area contributed by atoms with Gasteiger partial charge >= 0.3 is 5.97 Å². The Kier molecular flexibility index (Phi) is 8.17. The molecule has 0 radical (unpaired) electrons. The van der Waals surface area contributed by atoms with Crippen molar-refractivity contribution in [3.63, 3.8) is 0 Å². The summed E-state index contributed by atoms with van der Waals surface area (Å²) >= 11 is 0. The fraction of sp³-hybridized carbons (Fsp3) is 0.923. The van der Waals surface area contributed by atoms with Crippen molar-refractivity contribution in [2.24, 2.45) is 5.92 Å². The van der Waals surface area contributed by atoms with Crippen LogP contribution < -0.4 is 5.32 Å². The standard InChI is InChI=1S/C13H27NO3/c1-11(2)7-5-9-17-10-6-8-13(3,14-4)12(15)16/h11,14H,5-10H2,1-4H3,(H,15,16). The number of carbonyl (C=O) groups is 1. The third kappa shape index (κ3) is 7.34. The van der Waals surface area contributed by atoms with Crippen LogP contribution in [-0.4, -0.2) is 36.9 Å². The Balaban J connectivity index is 3.53. The highest BCUT2D eigenvalue weighted by Gasteiger charge is 2.30. The van der Waals surface area contributed by atoms with Crippen LogP contribution in [0.2, 0.25) is 0 Å². The Bertz CT molecular complexity index is 219. The van der Waals surface area contributed by atoms with Gasteiger partial charge in [-0.1, -0.05) is 13.8 Å². The van der Waals surface area contributed by atoms with E-state index in [2.05, 4.69) is 19.2 Å². The lowest BCUT2D eigenvalue weighted by molar-refractivity contribution is -0.144. The average Bonchev–Trinajstić information content (AvgIpc) is 2.26. The quantitative estimate of drug-likeness (QED) is 0.580. The molecule has 2 N–H and O–H groups in total. The van der Waals surface area contributed by atoms with Gasteiger partial charge in [-0.2, -0.15) is 0 Å². The average molecular weight is 245 g/mol. The van der Waals surface area contributed by atoms with Crippen molar-refractivity contribution in [1.82, 2.24) is 5.32 Å². The zero-order valence-electron chi connectivity index (χ0n) is 11.6. The zero-order valence-corrected chi connectivity index (χ0v) is 11.6. The van der Waals surface area contributed by atoms with E-state index >= 15 is 0 Å². The van der Waals surface area contributed by atoms with E-state index in [0.717, 1.165) is 25.4 Å². The summed E-state index contributed by atoms with van der Waals surface area (Å²) < 4.78 is 5.48. The molecule has 0 fully saturated rings. The first-order chi connectivity index (χ1) is 7.92. The predicted octanol–water partition coefficient (Wildman–Crippen LogP) is 2.28. The molecule has 0 aromatic carbocycles. The Morgan fingerprint density at radius 3 is 2.41 bits per heavy atom. The van der Waals surface area contributed by atoms with Crippen LogP contribution in [0.15, 0.2) is 0 Å². The van der Waals surface area contributed by atoms with E-state index in [1.807, 2.05) is 0 Å². The number of carboxylic acids is 1. The van der Waals surface area contributed by atoms with Gasteiger partial charge in [0.2, 0.25) is 0 Å². The first-order valence-electron chi connectivity index (χ1n) is 6.42. The van der Waals surface area contributed by atoms with Crippen LogP contribution in [0, 0.1) is 5.92 Å². The summed E-state index contributed by atoms with van der Waals surface area (Å²) in [5.41, 5.74) is -0.832. The topological polar surface area (TPSA) is 58.6 Å². The van der Waals surface area contributed by atoms with Gasteiger partial charge in [-0.05, 0) is 45.6 Å². The van der Waals surface area contributed by atoms with E-state index in [4.69, 9.17) is 9.84 Å². The van der Waals surface area contributed by atoms with Gasteiger partial charge in [-0.15, -0.1) is 0 Å². The van der Waals surface area contributed by atoms with Crippen LogP contribution in [0.5, 0.6) is 0 Å². The number of aliphatic carboxylic acids is 1. The van der Waals surface area contributed by atoms with Crippen LogP contribution in [0.4, 0.5) is 0 Å². The Labute approximate surface area is 105 Å². The molecule has 0 saturated heterocycles. The minimum absolute atomic E-state index is 0.586. The van der Waals surface area contributed by atoms with E-state index < -0.39 is 11.5 Å². The second kappa shape index (κ2) is 8.48. The molecule has 0 amide bonds. The first kappa shape index (κ1) is 16.4. The summed E-state index contributed by atoms with van der Waals surface area (Å²) in [6.45, 7) is 7.52. The summed E-state index contributed by atoms with van der Waals surface area (Å²) in [6.07, 6.45) is 3.62. The molecule has 1 unspecified atom stereocenters. The third-order valence-corrected chi connectivity index (χ3v) is 3.06. The molecule has 4 nitrogen and oxygen atoms in total. The molecule has 0 heterocycles. The van der Waals surface area contributed by atoms with Gasteiger partial charge in [-0.25, -0.2) is 0 Å². The minimum atomic E-state index is -0.832. The highest BCUT2D eigenvalue weighted by atomic mass is 16.5. The van der Waals surface area contributed by atoms with E-state index in [9.17, 15) is 4.79 Å². The van der Waals surface area contributed by atoms with Crippen molar-refractivity contribution in [3.05, 3.63) is 0 Å². The number of ether oxygens (including phenoxy) is 1. The summed E-state index contributed by atoms with van der Waals surface area (Å²) in [5.74, 6) is -0.0852. The van der Waals surface area contributed by atoms with Crippen molar-refractivity contribution in [3.8, 4) is 0 Å². The number of nitrogens with one attached hydrogen (secondary N) is 1. The molecule has 1 atom stereocenters. The van der Waals surface area contributed by atoms with Gasteiger partial charge in [0.15, 0.2) is 0 Å². The fourth-order valence-electron chi connectivity index (χ4n) is 1.56. The molecule has 0 aliphatic heterocycles. The molecule has 102 valence electrons. The molecule has 0 aromatic heterocycles. The van der Waals surface area contributed by atoms with E-state index in [0.29, 0.717) is 13.0 Å². The van der Waals surface area contributed by atoms with Gasteiger partial charge < -0.3 is 15.2 Å². The molecule has 0 rings (SSSR count). The Hall–Kier alpha value is -0.610. The minimum Gasteiger partial charge on any atom is -0.480 e. The van der Waals surface area contributed by atoms with Crippen molar-refractivity contribution in [1.29, 1.82) is 0 Å². The van der Waals surface area contributed by atoms with Crippen LogP contribution in [-0.2, 0) is 9.53 Å². The fourth-order valence-corrected chi connectivity index (χ4v) is 1.56. The molecule has 4 heteroatoms. The van der Waals surface area contributed by atoms with Gasteiger partial charge in [-0.3, -0.25) is 4.79 Å². The van der Waals surface area contributed by atoms with Crippen molar-refractivity contribution in [2.45, 2.75) is 52.0 Å². The normalized spacial score (nSPS) is 14.9. The Morgan fingerprint density at radius 1 is 1.35 bits per heavy atom. The molecule has 0 aromatic rings. The second-order valence-electron chi connectivity index (χ2n) is 5.14. The largest absolute Gasteiger partial charge is 0.480 e. The molecule has 0 spiro atoms. The third-order valence-electron chi connectivity index (χ3n) is 3.06. The monoisotopic (exact) mass is 245 g/mol. The molecular formula is C13H27NO3. The lowest BCUT2D eigenvalue weighted by atomic mass is 9.96. The molecular weight excluding hydrogens is 218 g/mol. The van der Waals surface area contributed by atoms with Crippen molar-refractivity contribution >= 4 is 5.97 Å². The highest BCUT2D eigenvalue weighted by molar-refractivity contribution is 5.78. The first-order valence-corrected chi connectivity index (χ1v) is 6.42. The lowest BCUT2D eigenvalue weighted by Crippen LogP contribution is -2.47. The summed E-state index contributed by atoms with van der Waals surface area (Å²) in [5, 5.41) is 11.9. The zero-order chi connectivity index (χ0) is 13.3. The Morgan fingerprint density at radius 2 is 1.94 bits per heavy atom. The number of hydrogen-bond acceptors (Lipinski definition) is 3. The van der Waals surface area contributed by atoms with E-state index in [1.165, 1.54) is 6.42 Å². The van der Waals surface area contributed by atoms with Crippen LogP contribution in [0.1, 0.15) is 46.5 Å². The molecule has 17 heavy (non-hydrogen) atoms. The summed E-state index contributed by atoms with van der Waals surface area (Å²) in [4.78, 5) is 11.0. The summed E-state index contributed by atoms with van der Waals surface area (Å²) in [6, 6.07) is 0. The van der Waals surface area contributed by atoms with E-state index in [-0.39, 0.29) is 0 Å². The van der Waals surface area contributed by atoms with Crippen LogP contribution >= 0.6 is 0 Å². The maximum absolute atomic E-state index is 11.0. The summed E-state index contributed by atoms with van der Waals surface area (Å²) in [7, 11) is 1.68. The maximum atomic E-state index is 11.0. The van der Waals surface area contributed by atoms with Crippen LogP contribution in [0.3, 0.4) is 0 Å². The highest BCUT2D eigenvalue weighted by Crippen LogP contribution is 2.12. The lowest BCUT2D eigenvalue weighted by Gasteiger charge is -2.23. The SMILES string of the molecule is CNC(C)(CCCOCCCC(C)C)C(=O)O. The number of rotatable bonds is 10. The second-order valence-corrected chi connectivity index (χ2v) is 5.14. The van der Waals surface area contributed by atoms with Gasteiger partial charge in [0.05, 0.1) is 0 Å². The van der Waals surface area contributed by atoms with Crippen LogP contribution in [0.25, 0.3) is 0 Å². The molecule has 0 aliphatic carbocycles. The van der Waals surface area contributed by atoms with Gasteiger partial charge in [0.25, 0.3) is 0 Å².